The summed E-state index contributed by atoms with van der Waals surface area (Å²) in [6.45, 7) is 1.52. The molecule has 1 aliphatic heterocycles. The van der Waals surface area contributed by atoms with Gasteiger partial charge in [-0.3, -0.25) is 4.79 Å². The molecule has 4 nitrogen and oxygen atoms in total. The summed E-state index contributed by atoms with van der Waals surface area (Å²) in [6.07, 6.45) is 2.34. The number of carbonyl (C=O) groups excluding carboxylic acids is 1. The third-order valence-electron chi connectivity index (χ3n) is 3.73. The van der Waals surface area contributed by atoms with Crippen LogP contribution in [0.3, 0.4) is 0 Å². The highest BCUT2D eigenvalue weighted by Gasteiger charge is 2.25. The Balaban J connectivity index is 1.78. The largest absolute Gasteiger partial charge is 0.380 e. The van der Waals surface area contributed by atoms with Crippen LogP contribution in [0.4, 0.5) is 0 Å². The molecule has 4 heteroatoms. The summed E-state index contributed by atoms with van der Waals surface area (Å²) in [7, 11) is 1.70. The molecule has 0 saturated carbocycles. The minimum atomic E-state index is -0.0639. The Morgan fingerprint density at radius 1 is 1.47 bits per heavy atom. The van der Waals surface area contributed by atoms with Crippen LogP contribution in [0.25, 0.3) is 0 Å². The van der Waals surface area contributed by atoms with E-state index in [-0.39, 0.29) is 18.1 Å². The lowest BCUT2D eigenvalue weighted by atomic mass is 10.0. The van der Waals surface area contributed by atoms with Crippen LogP contribution >= 0.6 is 0 Å². The van der Waals surface area contributed by atoms with E-state index in [1.807, 2.05) is 35.2 Å². The van der Waals surface area contributed by atoms with Crippen molar-refractivity contribution in [1.82, 2.24) is 4.90 Å². The fourth-order valence-electron chi connectivity index (χ4n) is 2.45. The Hall–Kier alpha value is -1.39. The standard InChI is InChI=1S/C15H22N2O2/c1-19-13-9-10-17(11-13)15(18)8-7-14(16)12-5-3-2-4-6-12/h2-6,13-14H,7-11,16H2,1H3. The third-order valence-corrected chi connectivity index (χ3v) is 3.73. The van der Waals surface area contributed by atoms with E-state index < -0.39 is 0 Å². The lowest BCUT2D eigenvalue weighted by Crippen LogP contribution is -2.30. The molecule has 2 atom stereocenters. The number of benzene rings is 1. The number of rotatable bonds is 5. The van der Waals surface area contributed by atoms with E-state index in [2.05, 4.69) is 0 Å². The van der Waals surface area contributed by atoms with Crippen LogP contribution < -0.4 is 5.73 Å². The number of ether oxygens (including phenoxy) is 1. The van der Waals surface area contributed by atoms with Crippen LogP contribution in [0.5, 0.6) is 0 Å². The first kappa shape index (κ1) is 14.0. The maximum Gasteiger partial charge on any atom is 0.222 e. The summed E-state index contributed by atoms with van der Waals surface area (Å²) >= 11 is 0. The number of nitrogens with two attached hydrogens (primary N) is 1. The van der Waals surface area contributed by atoms with Crippen LogP contribution in [0.2, 0.25) is 0 Å². The molecule has 1 fully saturated rings. The number of hydrogen-bond donors (Lipinski definition) is 1. The van der Waals surface area contributed by atoms with Gasteiger partial charge in [0.25, 0.3) is 0 Å². The lowest BCUT2D eigenvalue weighted by Gasteiger charge is -2.18. The number of nitrogens with zero attached hydrogens (tertiary/aromatic N) is 1. The van der Waals surface area contributed by atoms with Gasteiger partial charge >= 0.3 is 0 Å². The van der Waals surface area contributed by atoms with Gasteiger partial charge in [-0.05, 0) is 18.4 Å². The number of hydrogen-bond acceptors (Lipinski definition) is 3. The average Bonchev–Trinajstić information content (AvgIpc) is 2.94. The van der Waals surface area contributed by atoms with Gasteiger partial charge in [0.1, 0.15) is 0 Å². The molecule has 1 aromatic carbocycles. The number of amides is 1. The van der Waals surface area contributed by atoms with E-state index in [1.54, 1.807) is 7.11 Å². The zero-order chi connectivity index (χ0) is 13.7. The van der Waals surface area contributed by atoms with Gasteiger partial charge in [0.05, 0.1) is 6.10 Å². The normalized spacial score (nSPS) is 20.5. The number of carbonyl (C=O) groups is 1. The van der Waals surface area contributed by atoms with Gasteiger partial charge in [-0.15, -0.1) is 0 Å². The van der Waals surface area contributed by atoms with Crippen molar-refractivity contribution in [3.8, 4) is 0 Å². The molecule has 0 bridgehead atoms. The third kappa shape index (κ3) is 3.78. The van der Waals surface area contributed by atoms with E-state index in [0.29, 0.717) is 12.8 Å². The monoisotopic (exact) mass is 262 g/mol. The molecule has 1 saturated heterocycles. The van der Waals surface area contributed by atoms with Crippen molar-refractivity contribution < 1.29 is 9.53 Å². The first-order valence-corrected chi connectivity index (χ1v) is 6.82. The SMILES string of the molecule is COC1CCN(C(=O)CCC(N)c2ccccc2)C1. The molecule has 2 unspecified atom stereocenters. The van der Waals surface area contributed by atoms with E-state index in [1.165, 1.54) is 0 Å². The Morgan fingerprint density at radius 2 is 2.21 bits per heavy atom. The molecule has 0 radical (unpaired) electrons. The molecular formula is C15H22N2O2. The highest BCUT2D eigenvalue weighted by atomic mass is 16.5. The Morgan fingerprint density at radius 3 is 2.84 bits per heavy atom. The zero-order valence-electron chi connectivity index (χ0n) is 11.4. The fourth-order valence-corrected chi connectivity index (χ4v) is 2.45. The molecular weight excluding hydrogens is 240 g/mol. The van der Waals surface area contributed by atoms with E-state index in [4.69, 9.17) is 10.5 Å². The van der Waals surface area contributed by atoms with Crippen LogP contribution in [-0.4, -0.2) is 37.1 Å². The number of likely N-dealkylation sites (tertiary alicyclic amines) is 1. The predicted octanol–water partition coefficient (Wildman–Crippen LogP) is 1.71. The van der Waals surface area contributed by atoms with Crippen molar-refractivity contribution in [2.75, 3.05) is 20.2 Å². The second-order valence-electron chi connectivity index (χ2n) is 5.04. The van der Waals surface area contributed by atoms with E-state index in [0.717, 1.165) is 25.1 Å². The molecule has 1 heterocycles. The van der Waals surface area contributed by atoms with Crippen molar-refractivity contribution >= 4 is 5.91 Å². The molecule has 0 spiro atoms. The first-order chi connectivity index (χ1) is 9.20. The summed E-state index contributed by atoms with van der Waals surface area (Å²) in [5.74, 6) is 0.186. The minimum Gasteiger partial charge on any atom is -0.380 e. The second-order valence-corrected chi connectivity index (χ2v) is 5.04. The molecule has 0 aromatic heterocycles. The topological polar surface area (TPSA) is 55.6 Å². The van der Waals surface area contributed by atoms with Crippen LogP contribution in [0.1, 0.15) is 30.9 Å². The Labute approximate surface area is 114 Å². The van der Waals surface area contributed by atoms with Crippen molar-refractivity contribution in [1.29, 1.82) is 0 Å². The molecule has 2 N–H and O–H groups in total. The lowest BCUT2D eigenvalue weighted by molar-refractivity contribution is -0.130. The summed E-state index contributed by atoms with van der Waals surface area (Å²) < 4.78 is 5.27. The summed E-state index contributed by atoms with van der Waals surface area (Å²) in [5.41, 5.74) is 7.19. The predicted molar refractivity (Wildman–Crippen MR) is 74.6 cm³/mol. The van der Waals surface area contributed by atoms with Crippen LogP contribution in [0, 0.1) is 0 Å². The van der Waals surface area contributed by atoms with Gasteiger partial charge in [0.2, 0.25) is 5.91 Å². The van der Waals surface area contributed by atoms with Gasteiger partial charge in [0.15, 0.2) is 0 Å². The maximum absolute atomic E-state index is 12.1. The number of methoxy groups -OCH3 is 1. The molecule has 19 heavy (non-hydrogen) atoms. The molecule has 1 aliphatic rings. The maximum atomic E-state index is 12.1. The van der Waals surface area contributed by atoms with Crippen molar-refractivity contribution in [2.24, 2.45) is 5.73 Å². The molecule has 104 valence electrons. The Bertz CT molecular complexity index is 408. The van der Waals surface area contributed by atoms with E-state index >= 15 is 0 Å². The highest BCUT2D eigenvalue weighted by Crippen LogP contribution is 2.18. The van der Waals surface area contributed by atoms with Gasteiger partial charge in [-0.1, -0.05) is 30.3 Å². The average molecular weight is 262 g/mol. The zero-order valence-corrected chi connectivity index (χ0v) is 11.4. The summed E-state index contributed by atoms with van der Waals surface area (Å²) in [6, 6.07) is 9.86. The quantitative estimate of drug-likeness (QED) is 0.879. The van der Waals surface area contributed by atoms with Crippen molar-refractivity contribution in [2.45, 2.75) is 31.4 Å². The molecule has 1 amide bonds. The Kier molecular flexibility index (Phi) is 4.93. The van der Waals surface area contributed by atoms with Crippen LogP contribution in [0.15, 0.2) is 30.3 Å². The smallest absolute Gasteiger partial charge is 0.222 e. The van der Waals surface area contributed by atoms with Crippen molar-refractivity contribution in [3.63, 3.8) is 0 Å². The highest BCUT2D eigenvalue weighted by molar-refractivity contribution is 5.76. The van der Waals surface area contributed by atoms with Crippen LogP contribution in [-0.2, 0) is 9.53 Å². The molecule has 2 rings (SSSR count). The van der Waals surface area contributed by atoms with Gasteiger partial charge < -0.3 is 15.4 Å². The van der Waals surface area contributed by atoms with Gasteiger partial charge in [-0.2, -0.15) is 0 Å². The van der Waals surface area contributed by atoms with E-state index in [9.17, 15) is 4.79 Å². The minimum absolute atomic E-state index is 0.0639. The van der Waals surface area contributed by atoms with Gasteiger partial charge in [0, 0.05) is 32.7 Å². The second kappa shape index (κ2) is 6.68. The molecule has 1 aromatic rings. The first-order valence-electron chi connectivity index (χ1n) is 6.82. The summed E-state index contributed by atoms with van der Waals surface area (Å²) in [5, 5.41) is 0. The van der Waals surface area contributed by atoms with Crippen molar-refractivity contribution in [3.05, 3.63) is 35.9 Å². The summed E-state index contributed by atoms with van der Waals surface area (Å²) in [4.78, 5) is 13.9. The fraction of sp³-hybridized carbons (Fsp3) is 0.533. The van der Waals surface area contributed by atoms with Gasteiger partial charge in [-0.25, -0.2) is 0 Å². The molecule has 0 aliphatic carbocycles.